The van der Waals surface area contributed by atoms with Crippen molar-refractivity contribution in [1.82, 2.24) is 9.80 Å². The smallest absolute Gasteiger partial charge is 0.238 e. The lowest BCUT2D eigenvalue weighted by molar-refractivity contribution is -0.117. The summed E-state index contributed by atoms with van der Waals surface area (Å²) < 4.78 is 38.1. The van der Waals surface area contributed by atoms with Gasteiger partial charge in [0.1, 0.15) is 35.4 Å². The summed E-state index contributed by atoms with van der Waals surface area (Å²) in [4.78, 5) is 16.3. The number of halogens is 2. The minimum Gasteiger partial charge on any atom is -0.497 e. The second-order valence-corrected chi connectivity index (χ2v) is 6.79. The van der Waals surface area contributed by atoms with Crippen LogP contribution in [0.15, 0.2) is 42.5 Å². The molecule has 2 aromatic rings. The van der Waals surface area contributed by atoms with Crippen LogP contribution in [0.3, 0.4) is 0 Å². The van der Waals surface area contributed by atoms with Gasteiger partial charge in [-0.2, -0.15) is 0 Å². The molecule has 0 unspecified atom stereocenters. The van der Waals surface area contributed by atoms with Crippen LogP contribution in [0.1, 0.15) is 0 Å². The molecule has 0 atom stereocenters. The van der Waals surface area contributed by atoms with Crippen molar-refractivity contribution < 1.29 is 23.0 Å². The molecule has 1 N–H and O–H groups in total. The molecule has 8 heteroatoms. The molecule has 0 bridgehead atoms. The van der Waals surface area contributed by atoms with Crippen LogP contribution in [-0.2, 0) is 4.79 Å². The van der Waals surface area contributed by atoms with Gasteiger partial charge in [0.25, 0.3) is 0 Å². The maximum atomic E-state index is 13.6. The lowest BCUT2D eigenvalue weighted by atomic mass is 10.2. The highest BCUT2D eigenvalue weighted by molar-refractivity contribution is 5.92. The third-order valence-corrected chi connectivity index (χ3v) is 4.79. The van der Waals surface area contributed by atoms with Crippen LogP contribution in [0.25, 0.3) is 0 Å². The number of carbonyl (C=O) groups excluding carboxylic acids is 1. The molecule has 0 aliphatic carbocycles. The quantitative estimate of drug-likeness (QED) is 0.732. The molecule has 1 heterocycles. The Bertz CT molecular complexity index is 789. The fourth-order valence-corrected chi connectivity index (χ4v) is 3.13. The molecule has 1 amide bonds. The summed E-state index contributed by atoms with van der Waals surface area (Å²) in [6.45, 7) is 4.46. The van der Waals surface area contributed by atoms with E-state index in [1.165, 1.54) is 6.07 Å². The number of anilines is 1. The van der Waals surface area contributed by atoms with Crippen molar-refractivity contribution in [3.63, 3.8) is 0 Å². The van der Waals surface area contributed by atoms with Gasteiger partial charge in [0.2, 0.25) is 5.91 Å². The van der Waals surface area contributed by atoms with Crippen molar-refractivity contribution in [3.8, 4) is 11.5 Å². The first-order valence-corrected chi connectivity index (χ1v) is 9.50. The molecule has 1 saturated heterocycles. The van der Waals surface area contributed by atoms with Crippen molar-refractivity contribution in [3.05, 3.63) is 54.1 Å². The second-order valence-electron chi connectivity index (χ2n) is 6.79. The fraction of sp³-hybridized carbons (Fsp3) is 0.381. The van der Waals surface area contributed by atoms with Gasteiger partial charge in [-0.1, -0.05) is 6.07 Å². The van der Waals surface area contributed by atoms with Crippen molar-refractivity contribution in [2.45, 2.75) is 0 Å². The third kappa shape index (κ3) is 6.13. The maximum Gasteiger partial charge on any atom is 0.238 e. The number of hydrogen-bond donors (Lipinski definition) is 1. The van der Waals surface area contributed by atoms with Gasteiger partial charge in [0.15, 0.2) is 0 Å². The largest absolute Gasteiger partial charge is 0.497 e. The van der Waals surface area contributed by atoms with Gasteiger partial charge in [-0.05, 0) is 36.4 Å². The van der Waals surface area contributed by atoms with E-state index in [0.29, 0.717) is 19.7 Å². The van der Waals surface area contributed by atoms with E-state index in [1.54, 1.807) is 7.11 Å². The SMILES string of the molecule is COc1ccc(OCCN2CCN(CC(=O)Nc3c(F)cccc3F)CC2)cc1. The van der Waals surface area contributed by atoms with E-state index in [4.69, 9.17) is 9.47 Å². The minimum absolute atomic E-state index is 0.101. The Balaban J connectivity index is 1.36. The Kier molecular flexibility index (Phi) is 7.37. The van der Waals surface area contributed by atoms with Crippen LogP contribution in [0.4, 0.5) is 14.5 Å². The number of benzene rings is 2. The number of ether oxygens (including phenoxy) is 2. The van der Waals surface area contributed by atoms with E-state index in [2.05, 4.69) is 10.2 Å². The summed E-state index contributed by atoms with van der Waals surface area (Å²) in [5.41, 5.74) is -0.396. The highest BCUT2D eigenvalue weighted by Crippen LogP contribution is 2.18. The standard InChI is InChI=1S/C21H25F2N3O3/c1-28-16-5-7-17(8-6-16)29-14-13-25-9-11-26(12-10-25)15-20(27)24-21-18(22)3-2-4-19(21)23/h2-8H,9-15H2,1H3,(H,24,27). The first-order valence-electron chi connectivity index (χ1n) is 9.50. The number of carbonyl (C=O) groups is 1. The summed E-state index contributed by atoms with van der Waals surface area (Å²) >= 11 is 0. The molecule has 0 saturated carbocycles. The number of nitrogens with one attached hydrogen (secondary N) is 1. The van der Waals surface area contributed by atoms with Gasteiger partial charge in [0, 0.05) is 32.7 Å². The van der Waals surface area contributed by atoms with Gasteiger partial charge in [-0.15, -0.1) is 0 Å². The monoisotopic (exact) mass is 405 g/mol. The molecule has 1 fully saturated rings. The van der Waals surface area contributed by atoms with E-state index in [-0.39, 0.29) is 6.54 Å². The topological polar surface area (TPSA) is 54.0 Å². The molecule has 156 valence electrons. The lowest BCUT2D eigenvalue weighted by Crippen LogP contribution is -2.49. The third-order valence-electron chi connectivity index (χ3n) is 4.79. The van der Waals surface area contributed by atoms with Crippen LogP contribution < -0.4 is 14.8 Å². The van der Waals surface area contributed by atoms with E-state index >= 15 is 0 Å². The van der Waals surface area contributed by atoms with E-state index < -0.39 is 23.2 Å². The molecule has 1 aliphatic heterocycles. The molecular formula is C21H25F2N3O3. The first kappa shape index (κ1) is 21.0. The number of nitrogens with zero attached hydrogens (tertiary/aromatic N) is 2. The molecule has 0 aromatic heterocycles. The Labute approximate surface area is 169 Å². The molecule has 2 aromatic carbocycles. The molecule has 1 aliphatic rings. The van der Waals surface area contributed by atoms with Crippen molar-refractivity contribution in [2.75, 3.05) is 58.3 Å². The van der Waals surface area contributed by atoms with E-state index in [1.807, 2.05) is 29.2 Å². The average molecular weight is 405 g/mol. The number of piperazine rings is 1. The Morgan fingerprint density at radius 3 is 2.17 bits per heavy atom. The minimum atomic E-state index is -0.778. The maximum absolute atomic E-state index is 13.6. The van der Waals surface area contributed by atoms with Gasteiger partial charge in [-0.25, -0.2) is 8.78 Å². The number of amides is 1. The summed E-state index contributed by atoms with van der Waals surface area (Å²) in [5, 5.41) is 2.32. The zero-order valence-corrected chi connectivity index (χ0v) is 16.4. The first-order chi connectivity index (χ1) is 14.0. The van der Waals surface area contributed by atoms with Crippen molar-refractivity contribution in [2.24, 2.45) is 0 Å². The van der Waals surface area contributed by atoms with Crippen molar-refractivity contribution in [1.29, 1.82) is 0 Å². The lowest BCUT2D eigenvalue weighted by Gasteiger charge is -2.34. The predicted molar refractivity (Wildman–Crippen MR) is 106 cm³/mol. The molecule has 0 radical (unpaired) electrons. The summed E-state index contributed by atoms with van der Waals surface area (Å²) in [6, 6.07) is 10.9. The molecule has 3 rings (SSSR count). The van der Waals surface area contributed by atoms with Gasteiger partial charge >= 0.3 is 0 Å². The van der Waals surface area contributed by atoms with Crippen LogP contribution in [0.2, 0.25) is 0 Å². The zero-order chi connectivity index (χ0) is 20.6. The predicted octanol–water partition coefficient (Wildman–Crippen LogP) is 2.61. The summed E-state index contributed by atoms with van der Waals surface area (Å²) in [6.07, 6.45) is 0. The van der Waals surface area contributed by atoms with Crippen molar-refractivity contribution >= 4 is 11.6 Å². The van der Waals surface area contributed by atoms with Crippen LogP contribution >= 0.6 is 0 Å². The molecule has 29 heavy (non-hydrogen) atoms. The fourth-order valence-electron chi connectivity index (χ4n) is 3.13. The Morgan fingerprint density at radius 2 is 1.55 bits per heavy atom. The summed E-state index contributed by atoms with van der Waals surface area (Å²) in [5.74, 6) is -0.401. The number of methoxy groups -OCH3 is 1. The summed E-state index contributed by atoms with van der Waals surface area (Å²) in [7, 11) is 1.62. The van der Waals surface area contributed by atoms with Crippen LogP contribution in [0, 0.1) is 11.6 Å². The normalized spacial score (nSPS) is 15.1. The second kappa shape index (κ2) is 10.2. The van der Waals surface area contributed by atoms with Gasteiger partial charge < -0.3 is 14.8 Å². The van der Waals surface area contributed by atoms with E-state index in [0.717, 1.165) is 43.3 Å². The Morgan fingerprint density at radius 1 is 0.966 bits per heavy atom. The van der Waals surface area contributed by atoms with Crippen LogP contribution in [0.5, 0.6) is 11.5 Å². The average Bonchev–Trinajstić information content (AvgIpc) is 2.73. The number of para-hydroxylation sites is 1. The van der Waals surface area contributed by atoms with E-state index in [9.17, 15) is 13.6 Å². The highest BCUT2D eigenvalue weighted by Gasteiger charge is 2.20. The molecule has 6 nitrogen and oxygen atoms in total. The van der Waals surface area contributed by atoms with Gasteiger partial charge in [-0.3, -0.25) is 14.6 Å². The Hall–Kier alpha value is -2.71. The van der Waals surface area contributed by atoms with Crippen LogP contribution in [-0.4, -0.2) is 68.7 Å². The highest BCUT2D eigenvalue weighted by atomic mass is 19.1. The zero-order valence-electron chi connectivity index (χ0n) is 16.4. The number of rotatable bonds is 8. The molecule has 0 spiro atoms. The number of hydrogen-bond acceptors (Lipinski definition) is 5. The van der Waals surface area contributed by atoms with Gasteiger partial charge in [0.05, 0.1) is 13.7 Å². The molecular weight excluding hydrogens is 380 g/mol.